The van der Waals surface area contributed by atoms with E-state index in [2.05, 4.69) is 25.2 Å². The molecule has 0 fully saturated rings. The van der Waals surface area contributed by atoms with Crippen LogP contribution >= 0.6 is 0 Å². The normalized spacial score (nSPS) is 10.3. The number of nitrogens with zero attached hydrogens (tertiary/aromatic N) is 1. The highest BCUT2D eigenvalue weighted by Gasteiger charge is 2.16. The predicted octanol–water partition coefficient (Wildman–Crippen LogP) is 1.97. The van der Waals surface area contributed by atoms with E-state index in [0.717, 1.165) is 11.3 Å². The standard InChI is InChI=1S/C13H21N5/c1-8(2)10-7-5-6-9(3)11(10)18(4)13(16)17-12(14)15/h5-8H,1-4H3,(H5,14,15,16,17). The fraction of sp³-hybridized carbons (Fsp3) is 0.385. The van der Waals surface area contributed by atoms with Crippen LogP contribution in [0.2, 0.25) is 0 Å². The quantitative estimate of drug-likeness (QED) is 0.476. The van der Waals surface area contributed by atoms with Crippen LogP contribution in [0, 0.1) is 17.7 Å². The Morgan fingerprint density at radius 3 is 2.44 bits per heavy atom. The Labute approximate surface area is 108 Å². The number of nitrogens with one attached hydrogen (secondary N) is 3. The summed E-state index contributed by atoms with van der Waals surface area (Å²) in [5.74, 6) is 0.234. The second kappa shape index (κ2) is 5.53. The summed E-state index contributed by atoms with van der Waals surface area (Å²) in [6.45, 7) is 6.25. The van der Waals surface area contributed by atoms with E-state index in [1.165, 1.54) is 5.56 Å². The van der Waals surface area contributed by atoms with Gasteiger partial charge in [-0.3, -0.25) is 16.1 Å². The number of benzene rings is 1. The molecule has 0 unspecified atom stereocenters. The van der Waals surface area contributed by atoms with E-state index in [1.54, 1.807) is 11.9 Å². The van der Waals surface area contributed by atoms with Crippen LogP contribution in [-0.4, -0.2) is 19.0 Å². The van der Waals surface area contributed by atoms with Crippen molar-refractivity contribution in [1.82, 2.24) is 5.32 Å². The third-order valence-corrected chi connectivity index (χ3v) is 2.81. The van der Waals surface area contributed by atoms with Gasteiger partial charge in [0.2, 0.25) is 5.96 Å². The van der Waals surface area contributed by atoms with Crippen molar-refractivity contribution in [2.24, 2.45) is 5.73 Å². The van der Waals surface area contributed by atoms with Crippen molar-refractivity contribution in [2.45, 2.75) is 26.7 Å². The number of aryl methyl sites for hydroxylation is 1. The van der Waals surface area contributed by atoms with E-state index >= 15 is 0 Å². The highest BCUT2D eigenvalue weighted by molar-refractivity contribution is 6.04. The molecule has 0 atom stereocenters. The molecule has 0 aromatic heterocycles. The molecule has 0 amide bonds. The van der Waals surface area contributed by atoms with Crippen LogP contribution in [0.1, 0.15) is 30.9 Å². The maximum Gasteiger partial charge on any atom is 0.202 e. The molecule has 0 radical (unpaired) electrons. The minimum absolute atomic E-state index is 0.0960. The molecule has 1 aromatic carbocycles. The topological polar surface area (TPSA) is 89.0 Å². The van der Waals surface area contributed by atoms with Gasteiger partial charge in [-0.2, -0.15) is 0 Å². The monoisotopic (exact) mass is 247 g/mol. The summed E-state index contributed by atoms with van der Waals surface area (Å²) in [6, 6.07) is 6.09. The first-order valence-electron chi connectivity index (χ1n) is 5.87. The molecule has 5 nitrogen and oxygen atoms in total. The molecule has 0 aliphatic carbocycles. The maximum atomic E-state index is 7.89. The van der Waals surface area contributed by atoms with Crippen molar-refractivity contribution in [3.63, 3.8) is 0 Å². The number of hydrogen-bond donors (Lipinski definition) is 4. The second-order valence-corrected chi connectivity index (χ2v) is 4.61. The molecule has 0 saturated heterocycles. The molecule has 5 heteroatoms. The van der Waals surface area contributed by atoms with Crippen molar-refractivity contribution in [1.29, 1.82) is 10.8 Å². The van der Waals surface area contributed by atoms with Crippen molar-refractivity contribution in [3.05, 3.63) is 29.3 Å². The first-order valence-corrected chi connectivity index (χ1v) is 5.87. The summed E-state index contributed by atoms with van der Waals surface area (Å²) in [6.07, 6.45) is 0. The lowest BCUT2D eigenvalue weighted by Gasteiger charge is -2.26. The van der Waals surface area contributed by atoms with Crippen LogP contribution in [0.4, 0.5) is 5.69 Å². The van der Waals surface area contributed by atoms with Gasteiger partial charge in [0.05, 0.1) is 0 Å². The number of hydrogen-bond acceptors (Lipinski definition) is 2. The van der Waals surface area contributed by atoms with Crippen LogP contribution in [0.25, 0.3) is 0 Å². The van der Waals surface area contributed by atoms with Crippen LogP contribution in [0.15, 0.2) is 18.2 Å². The predicted molar refractivity (Wildman–Crippen MR) is 76.4 cm³/mol. The Hall–Kier alpha value is -2.04. The van der Waals surface area contributed by atoms with Gasteiger partial charge in [0.25, 0.3) is 0 Å². The number of nitrogens with two attached hydrogens (primary N) is 1. The third-order valence-electron chi connectivity index (χ3n) is 2.81. The Bertz CT molecular complexity index is 464. The Morgan fingerprint density at radius 2 is 1.94 bits per heavy atom. The molecule has 5 N–H and O–H groups in total. The largest absolute Gasteiger partial charge is 0.370 e. The number of guanidine groups is 2. The highest BCUT2D eigenvalue weighted by Crippen LogP contribution is 2.29. The second-order valence-electron chi connectivity index (χ2n) is 4.61. The highest BCUT2D eigenvalue weighted by atomic mass is 15.3. The molecule has 0 bridgehead atoms. The van der Waals surface area contributed by atoms with Gasteiger partial charge < -0.3 is 10.6 Å². The molecular weight excluding hydrogens is 226 g/mol. The summed E-state index contributed by atoms with van der Waals surface area (Å²) in [5, 5.41) is 17.6. The minimum atomic E-state index is -0.230. The number of para-hydroxylation sites is 1. The van der Waals surface area contributed by atoms with Crippen LogP contribution in [-0.2, 0) is 0 Å². The first kappa shape index (κ1) is 14.0. The van der Waals surface area contributed by atoms with E-state index in [-0.39, 0.29) is 11.9 Å². The zero-order chi connectivity index (χ0) is 13.9. The molecule has 18 heavy (non-hydrogen) atoms. The van der Waals surface area contributed by atoms with E-state index in [0.29, 0.717) is 5.92 Å². The average molecular weight is 247 g/mol. The minimum Gasteiger partial charge on any atom is -0.370 e. The van der Waals surface area contributed by atoms with Gasteiger partial charge in [-0.15, -0.1) is 0 Å². The Kier molecular flexibility index (Phi) is 4.31. The number of anilines is 1. The third kappa shape index (κ3) is 3.00. The van der Waals surface area contributed by atoms with E-state index in [4.69, 9.17) is 16.6 Å². The zero-order valence-electron chi connectivity index (χ0n) is 11.3. The fourth-order valence-corrected chi connectivity index (χ4v) is 1.93. The van der Waals surface area contributed by atoms with Crippen LogP contribution in [0.5, 0.6) is 0 Å². The lowest BCUT2D eigenvalue weighted by atomic mass is 9.97. The van der Waals surface area contributed by atoms with Crippen molar-refractivity contribution >= 4 is 17.6 Å². The fourth-order valence-electron chi connectivity index (χ4n) is 1.93. The molecule has 0 saturated carbocycles. The van der Waals surface area contributed by atoms with E-state index < -0.39 is 0 Å². The number of rotatable bonds is 2. The molecule has 0 spiro atoms. The summed E-state index contributed by atoms with van der Waals surface area (Å²) in [7, 11) is 1.80. The Morgan fingerprint density at radius 1 is 1.33 bits per heavy atom. The lowest BCUT2D eigenvalue weighted by Crippen LogP contribution is -2.44. The molecule has 1 rings (SSSR count). The molecule has 98 valence electrons. The van der Waals surface area contributed by atoms with Crippen molar-refractivity contribution < 1.29 is 0 Å². The van der Waals surface area contributed by atoms with Gasteiger partial charge in [-0.25, -0.2) is 0 Å². The molecule has 0 aliphatic heterocycles. The van der Waals surface area contributed by atoms with Crippen molar-refractivity contribution in [3.8, 4) is 0 Å². The van der Waals surface area contributed by atoms with Crippen LogP contribution in [0.3, 0.4) is 0 Å². The summed E-state index contributed by atoms with van der Waals surface area (Å²) in [5.41, 5.74) is 8.51. The van der Waals surface area contributed by atoms with Gasteiger partial charge in [-0.05, 0) is 24.0 Å². The van der Waals surface area contributed by atoms with Gasteiger partial charge in [-0.1, -0.05) is 32.0 Å². The SMILES string of the molecule is Cc1cccc(C(C)C)c1N(C)C(=N)NC(=N)N. The van der Waals surface area contributed by atoms with Crippen LogP contribution < -0.4 is 16.0 Å². The lowest BCUT2D eigenvalue weighted by molar-refractivity contribution is 0.860. The first-order chi connectivity index (χ1) is 8.34. The van der Waals surface area contributed by atoms with E-state index in [1.807, 2.05) is 19.1 Å². The summed E-state index contributed by atoms with van der Waals surface area (Å²) in [4.78, 5) is 1.71. The smallest absolute Gasteiger partial charge is 0.202 e. The molecule has 0 heterocycles. The molecule has 1 aromatic rings. The maximum absolute atomic E-state index is 7.89. The molecule has 0 aliphatic rings. The zero-order valence-corrected chi connectivity index (χ0v) is 11.3. The Balaban J connectivity index is 3.15. The van der Waals surface area contributed by atoms with Gasteiger partial charge in [0, 0.05) is 12.7 Å². The van der Waals surface area contributed by atoms with Gasteiger partial charge >= 0.3 is 0 Å². The molecular formula is C13H21N5. The average Bonchev–Trinajstić information content (AvgIpc) is 2.26. The van der Waals surface area contributed by atoms with Gasteiger partial charge in [0.15, 0.2) is 5.96 Å². The van der Waals surface area contributed by atoms with E-state index in [9.17, 15) is 0 Å². The summed E-state index contributed by atoms with van der Waals surface area (Å²) >= 11 is 0. The summed E-state index contributed by atoms with van der Waals surface area (Å²) < 4.78 is 0. The van der Waals surface area contributed by atoms with Crippen molar-refractivity contribution in [2.75, 3.05) is 11.9 Å². The van der Waals surface area contributed by atoms with Gasteiger partial charge in [0.1, 0.15) is 0 Å².